The van der Waals surface area contributed by atoms with E-state index >= 15 is 0 Å². The topological polar surface area (TPSA) is 80.4 Å². The highest BCUT2D eigenvalue weighted by Gasteiger charge is 2.25. The Kier molecular flexibility index (Phi) is 5.27. The average molecular weight is 434 g/mol. The van der Waals surface area contributed by atoms with Crippen LogP contribution in [-0.2, 0) is 16.4 Å². The van der Waals surface area contributed by atoms with Crippen LogP contribution in [0.25, 0.3) is 22.4 Å². The van der Waals surface area contributed by atoms with E-state index < -0.39 is 33.0 Å². The Balaban J connectivity index is 2.28. The van der Waals surface area contributed by atoms with E-state index in [4.69, 9.17) is 27.7 Å². The Labute approximate surface area is 163 Å². The van der Waals surface area contributed by atoms with Crippen molar-refractivity contribution in [2.75, 3.05) is 6.26 Å². The lowest BCUT2D eigenvalue weighted by atomic mass is 9.99. The quantitative estimate of drug-likeness (QED) is 0.655. The summed E-state index contributed by atoms with van der Waals surface area (Å²) in [6.45, 7) is -0.603. The van der Waals surface area contributed by atoms with Crippen LogP contribution in [0.1, 0.15) is 5.76 Å². The third-order valence-corrected chi connectivity index (χ3v) is 5.27. The van der Waals surface area contributed by atoms with Gasteiger partial charge in [-0.3, -0.25) is 0 Å². The molecule has 0 saturated carbocycles. The first-order valence-electron chi connectivity index (χ1n) is 7.37. The van der Waals surface area contributed by atoms with E-state index in [0.29, 0.717) is 21.9 Å². The van der Waals surface area contributed by atoms with Gasteiger partial charge in [-0.15, -0.1) is 0 Å². The first kappa shape index (κ1) is 19.8. The summed E-state index contributed by atoms with van der Waals surface area (Å²) in [5, 5.41) is 13.9. The lowest BCUT2D eigenvalue weighted by Gasteiger charge is -2.08. The first-order chi connectivity index (χ1) is 12.6. The number of sulfone groups is 1. The van der Waals surface area contributed by atoms with Gasteiger partial charge in [0, 0.05) is 21.9 Å². The molecule has 0 bridgehead atoms. The van der Waals surface area contributed by atoms with Gasteiger partial charge in [0.15, 0.2) is 15.6 Å². The minimum Gasteiger partial charge on any atom is -0.388 e. The van der Waals surface area contributed by atoms with Gasteiger partial charge in [-0.1, -0.05) is 28.4 Å². The maximum atomic E-state index is 14.3. The molecule has 0 aliphatic heterocycles. The fourth-order valence-corrected chi connectivity index (χ4v) is 4.03. The number of hydrogen-bond acceptors (Lipinski definition) is 5. The molecule has 10 heteroatoms. The van der Waals surface area contributed by atoms with Crippen molar-refractivity contribution in [3.63, 3.8) is 0 Å². The average Bonchev–Trinajstić information content (AvgIpc) is 2.95. The predicted octanol–water partition coefficient (Wildman–Crippen LogP) is 4.49. The van der Waals surface area contributed by atoms with Gasteiger partial charge in [-0.2, -0.15) is 0 Å². The normalized spacial score (nSPS) is 11.8. The summed E-state index contributed by atoms with van der Waals surface area (Å²) in [7, 11) is -4.11. The minimum atomic E-state index is -4.11. The zero-order valence-corrected chi connectivity index (χ0v) is 16.0. The van der Waals surface area contributed by atoms with Crippen LogP contribution in [0.15, 0.2) is 39.8 Å². The maximum absolute atomic E-state index is 14.3. The zero-order valence-electron chi connectivity index (χ0n) is 13.6. The van der Waals surface area contributed by atoms with Crippen molar-refractivity contribution >= 4 is 33.0 Å². The molecule has 142 valence electrons. The van der Waals surface area contributed by atoms with E-state index in [2.05, 4.69) is 5.16 Å². The Morgan fingerprint density at radius 2 is 1.59 bits per heavy atom. The summed E-state index contributed by atoms with van der Waals surface area (Å²) >= 11 is 12.0. The molecule has 2 aromatic carbocycles. The summed E-state index contributed by atoms with van der Waals surface area (Å²) in [5.41, 5.74) is 0.552. The molecule has 5 nitrogen and oxygen atoms in total. The number of rotatable bonds is 4. The molecule has 3 rings (SSSR count). The molecule has 1 N–H and O–H groups in total. The Morgan fingerprint density at radius 3 is 2.07 bits per heavy atom. The second-order valence-corrected chi connectivity index (χ2v) is 8.51. The van der Waals surface area contributed by atoms with E-state index in [9.17, 15) is 22.3 Å². The van der Waals surface area contributed by atoms with Gasteiger partial charge in [-0.25, -0.2) is 17.2 Å². The maximum Gasteiger partial charge on any atom is 0.181 e. The minimum absolute atomic E-state index is 0.0613. The van der Waals surface area contributed by atoms with E-state index in [1.54, 1.807) is 0 Å². The molecule has 0 spiro atoms. The van der Waals surface area contributed by atoms with Crippen molar-refractivity contribution in [3.8, 4) is 22.4 Å². The second-order valence-electron chi connectivity index (χ2n) is 5.69. The largest absolute Gasteiger partial charge is 0.388 e. The molecule has 0 unspecified atom stereocenters. The molecular formula is C17H11Cl2F2NO4S. The SMILES string of the molecule is CS(=O)(=O)c1c(F)cc(-c2c(-c3cc(Cl)cc(Cl)c3)noc2CO)cc1F. The van der Waals surface area contributed by atoms with Gasteiger partial charge < -0.3 is 9.63 Å². The van der Waals surface area contributed by atoms with Crippen LogP contribution in [0, 0.1) is 11.6 Å². The molecule has 3 aromatic rings. The van der Waals surface area contributed by atoms with Crippen molar-refractivity contribution in [1.82, 2.24) is 5.16 Å². The molecule has 0 aliphatic rings. The predicted molar refractivity (Wildman–Crippen MR) is 96.3 cm³/mol. The van der Waals surface area contributed by atoms with Gasteiger partial charge in [0.25, 0.3) is 0 Å². The second kappa shape index (κ2) is 7.20. The lowest BCUT2D eigenvalue weighted by molar-refractivity contribution is 0.230. The molecular weight excluding hydrogens is 423 g/mol. The van der Waals surface area contributed by atoms with E-state index in [1.807, 2.05) is 0 Å². The first-order valence-corrected chi connectivity index (χ1v) is 10.0. The number of halogens is 4. The molecule has 1 aromatic heterocycles. The number of nitrogens with zero attached hydrogens (tertiary/aromatic N) is 1. The smallest absolute Gasteiger partial charge is 0.181 e. The van der Waals surface area contributed by atoms with Crippen molar-refractivity contribution < 1.29 is 26.8 Å². The fraction of sp³-hybridized carbons (Fsp3) is 0.118. The summed E-state index contributed by atoms with van der Waals surface area (Å²) in [4.78, 5) is -1.04. The van der Waals surface area contributed by atoms with Crippen LogP contribution in [0.2, 0.25) is 10.0 Å². The molecule has 1 heterocycles. The van der Waals surface area contributed by atoms with Gasteiger partial charge >= 0.3 is 0 Å². The molecule has 0 amide bonds. The third-order valence-electron chi connectivity index (χ3n) is 3.70. The highest BCUT2D eigenvalue weighted by molar-refractivity contribution is 7.90. The molecule has 0 atom stereocenters. The molecule has 0 aliphatic carbocycles. The van der Waals surface area contributed by atoms with Crippen LogP contribution in [0.4, 0.5) is 8.78 Å². The summed E-state index contributed by atoms with van der Waals surface area (Å²) in [6, 6.07) is 6.17. The van der Waals surface area contributed by atoms with Gasteiger partial charge in [0.2, 0.25) is 0 Å². The molecule has 0 radical (unpaired) electrons. The lowest BCUT2D eigenvalue weighted by Crippen LogP contribution is -2.05. The molecule has 0 saturated heterocycles. The summed E-state index contributed by atoms with van der Waals surface area (Å²) in [5.74, 6) is -2.60. The van der Waals surface area contributed by atoms with Gasteiger partial charge in [0.05, 0.1) is 5.56 Å². The van der Waals surface area contributed by atoms with Crippen LogP contribution >= 0.6 is 23.2 Å². The van der Waals surface area contributed by atoms with Crippen LogP contribution in [0.3, 0.4) is 0 Å². The van der Waals surface area contributed by atoms with Crippen molar-refractivity contribution in [2.45, 2.75) is 11.5 Å². The van der Waals surface area contributed by atoms with Gasteiger partial charge in [0.1, 0.15) is 28.8 Å². The van der Waals surface area contributed by atoms with Crippen molar-refractivity contribution in [3.05, 3.63) is 57.8 Å². The zero-order chi connectivity index (χ0) is 19.9. The highest BCUT2D eigenvalue weighted by Crippen LogP contribution is 2.38. The Hall–Kier alpha value is -2.00. The fourth-order valence-electron chi connectivity index (χ4n) is 2.68. The highest BCUT2D eigenvalue weighted by atomic mass is 35.5. The Morgan fingerprint density at radius 1 is 1.04 bits per heavy atom. The van der Waals surface area contributed by atoms with Crippen LogP contribution in [-0.4, -0.2) is 24.9 Å². The summed E-state index contributed by atoms with van der Waals surface area (Å²) in [6.07, 6.45) is 0.701. The van der Waals surface area contributed by atoms with Crippen molar-refractivity contribution in [1.29, 1.82) is 0 Å². The van der Waals surface area contributed by atoms with E-state index in [0.717, 1.165) is 12.1 Å². The van der Waals surface area contributed by atoms with Crippen LogP contribution < -0.4 is 0 Å². The monoisotopic (exact) mass is 433 g/mol. The van der Waals surface area contributed by atoms with Crippen molar-refractivity contribution in [2.24, 2.45) is 0 Å². The standard InChI is InChI=1S/C17H11Cl2F2NO4S/c1-27(24,25)17-12(20)4-8(5-13(17)21)15-14(7-23)26-22-16(15)9-2-10(18)6-11(19)3-9/h2-6,23H,7H2,1H3. The number of benzene rings is 2. The number of aromatic nitrogens is 1. The number of aliphatic hydroxyl groups is 1. The van der Waals surface area contributed by atoms with E-state index in [1.165, 1.54) is 18.2 Å². The third kappa shape index (κ3) is 3.84. The van der Waals surface area contributed by atoms with Crippen LogP contribution in [0.5, 0.6) is 0 Å². The summed E-state index contributed by atoms with van der Waals surface area (Å²) < 4.78 is 56.9. The molecule has 27 heavy (non-hydrogen) atoms. The Bertz CT molecular complexity index is 1100. The van der Waals surface area contributed by atoms with Gasteiger partial charge in [-0.05, 0) is 35.9 Å². The van der Waals surface area contributed by atoms with E-state index in [-0.39, 0.29) is 22.6 Å². The molecule has 0 fully saturated rings. The number of hydrogen-bond donors (Lipinski definition) is 1. The number of aliphatic hydroxyl groups excluding tert-OH is 1.